The normalized spacial score (nSPS) is 20.4. The van der Waals surface area contributed by atoms with Crippen molar-refractivity contribution in [3.8, 4) is 16.8 Å². The van der Waals surface area contributed by atoms with E-state index in [1.807, 2.05) is 18.9 Å². The van der Waals surface area contributed by atoms with Crippen molar-refractivity contribution in [3.05, 3.63) is 87.3 Å². The van der Waals surface area contributed by atoms with Crippen LogP contribution in [0.5, 0.6) is 0 Å². The van der Waals surface area contributed by atoms with E-state index in [0.717, 1.165) is 5.69 Å². The van der Waals surface area contributed by atoms with E-state index in [1.54, 1.807) is 29.0 Å². The molecule has 2 aliphatic rings. The van der Waals surface area contributed by atoms with Gasteiger partial charge in [-0.2, -0.15) is 9.07 Å². The number of aromatic nitrogens is 6. The van der Waals surface area contributed by atoms with E-state index in [2.05, 4.69) is 25.8 Å². The molecule has 2 aliphatic heterocycles. The highest BCUT2D eigenvalue weighted by molar-refractivity contribution is 6.31. The second-order valence-corrected chi connectivity index (χ2v) is 9.90. The molecule has 1 unspecified atom stereocenters. The largest absolute Gasteiger partial charge is 0.384 e. The summed E-state index contributed by atoms with van der Waals surface area (Å²) in [5, 5.41) is 14.4. The molecule has 3 atom stereocenters. The van der Waals surface area contributed by atoms with Crippen molar-refractivity contribution in [2.75, 3.05) is 12.8 Å². The third-order valence-corrected chi connectivity index (χ3v) is 7.37. The summed E-state index contributed by atoms with van der Waals surface area (Å²) in [6.45, 7) is 2.04. The van der Waals surface area contributed by atoms with Gasteiger partial charge in [-0.1, -0.05) is 18.5 Å². The summed E-state index contributed by atoms with van der Waals surface area (Å²) in [5.41, 5.74) is 7.74. The molecule has 0 radical (unpaired) electrons. The van der Waals surface area contributed by atoms with Gasteiger partial charge in [-0.15, -0.1) is 5.10 Å². The van der Waals surface area contributed by atoms with E-state index in [-0.39, 0.29) is 45.7 Å². The zero-order chi connectivity index (χ0) is 26.7. The Hall–Kier alpha value is -4.32. The Labute approximate surface area is 220 Å². The molecule has 0 saturated heterocycles. The standard InChI is InChI=1S/C25H22ClF2N9O/c1-12-7-14-8-13(21-18(36-11-30-33-34-36)5-4-16(26)22(21)27)9-20(38)37(14)23(12)25-31-17(10-35(25)2)15-3-6-19(29)32-24(15)28/h3-6,8-12,23,25,31H,7H2,1-2H3,(H2,29,32)/t12-,23-,25?/m0/s1. The van der Waals surface area contributed by atoms with Crippen LogP contribution in [0.2, 0.25) is 5.02 Å². The Morgan fingerprint density at radius 3 is 2.74 bits per heavy atom. The molecule has 0 spiro atoms. The van der Waals surface area contributed by atoms with Crippen molar-refractivity contribution < 1.29 is 8.78 Å². The topological polar surface area (TPSA) is 120 Å². The molecular formula is C25H22ClF2N9O. The van der Waals surface area contributed by atoms with Crippen LogP contribution < -0.4 is 16.6 Å². The van der Waals surface area contributed by atoms with Crippen molar-refractivity contribution in [1.29, 1.82) is 0 Å². The Morgan fingerprint density at radius 2 is 2.00 bits per heavy atom. The molecule has 3 N–H and O–H groups in total. The van der Waals surface area contributed by atoms with Crippen molar-refractivity contribution in [2.24, 2.45) is 5.92 Å². The van der Waals surface area contributed by atoms with Crippen molar-refractivity contribution in [2.45, 2.75) is 25.6 Å². The van der Waals surface area contributed by atoms with Crippen LogP contribution in [0.1, 0.15) is 24.2 Å². The van der Waals surface area contributed by atoms with E-state index in [1.165, 1.54) is 29.2 Å². The molecule has 38 heavy (non-hydrogen) atoms. The van der Waals surface area contributed by atoms with E-state index in [0.29, 0.717) is 23.4 Å². The number of benzene rings is 1. The fraction of sp³-hybridized carbons (Fsp3) is 0.240. The molecule has 13 heteroatoms. The second-order valence-electron chi connectivity index (χ2n) is 9.50. The third kappa shape index (κ3) is 3.79. The van der Waals surface area contributed by atoms with E-state index >= 15 is 4.39 Å². The number of rotatable bonds is 4. The first-order valence-corrected chi connectivity index (χ1v) is 12.2. The number of hydrogen-bond acceptors (Lipinski definition) is 8. The average molecular weight is 538 g/mol. The Morgan fingerprint density at radius 1 is 1.18 bits per heavy atom. The molecule has 5 heterocycles. The van der Waals surface area contributed by atoms with Gasteiger partial charge in [0.05, 0.1) is 28.0 Å². The van der Waals surface area contributed by atoms with Gasteiger partial charge in [0, 0.05) is 30.6 Å². The predicted octanol–water partition coefficient (Wildman–Crippen LogP) is 2.99. The lowest BCUT2D eigenvalue weighted by molar-refractivity contribution is 0.201. The molecule has 6 rings (SSSR count). The van der Waals surface area contributed by atoms with Gasteiger partial charge in [-0.05, 0) is 58.7 Å². The number of nitrogens with one attached hydrogen (secondary N) is 1. The van der Waals surface area contributed by atoms with Gasteiger partial charge in [0.2, 0.25) is 5.95 Å². The quantitative estimate of drug-likeness (QED) is 0.381. The highest BCUT2D eigenvalue weighted by Gasteiger charge is 2.40. The lowest BCUT2D eigenvalue weighted by Gasteiger charge is -2.31. The molecule has 1 aromatic carbocycles. The Balaban J connectivity index is 1.39. The molecule has 0 aliphatic carbocycles. The Kier molecular flexibility index (Phi) is 5.64. The number of anilines is 1. The lowest BCUT2D eigenvalue weighted by Crippen LogP contribution is -2.45. The summed E-state index contributed by atoms with van der Waals surface area (Å²) in [7, 11) is 1.86. The lowest BCUT2D eigenvalue weighted by atomic mass is 9.98. The predicted molar refractivity (Wildman–Crippen MR) is 137 cm³/mol. The molecule has 10 nitrogen and oxygen atoms in total. The summed E-state index contributed by atoms with van der Waals surface area (Å²) in [6, 6.07) is 9.03. The van der Waals surface area contributed by atoms with Gasteiger partial charge in [0.1, 0.15) is 18.3 Å². The van der Waals surface area contributed by atoms with Gasteiger partial charge in [-0.25, -0.2) is 9.37 Å². The van der Waals surface area contributed by atoms with Gasteiger partial charge in [0.15, 0.2) is 5.82 Å². The zero-order valence-electron chi connectivity index (χ0n) is 20.3. The van der Waals surface area contributed by atoms with Crippen molar-refractivity contribution >= 4 is 23.1 Å². The maximum Gasteiger partial charge on any atom is 0.251 e. The number of nitrogens with two attached hydrogens (primary N) is 1. The van der Waals surface area contributed by atoms with Crippen LogP contribution in [-0.4, -0.2) is 47.9 Å². The maximum absolute atomic E-state index is 15.3. The highest BCUT2D eigenvalue weighted by Crippen LogP contribution is 2.39. The minimum Gasteiger partial charge on any atom is -0.384 e. The third-order valence-electron chi connectivity index (χ3n) is 7.08. The first-order valence-electron chi connectivity index (χ1n) is 11.8. The van der Waals surface area contributed by atoms with Crippen LogP contribution in [0.25, 0.3) is 22.5 Å². The number of likely N-dealkylation sites (N-methyl/N-ethyl adjacent to an activating group) is 1. The number of hydrogen-bond donors (Lipinski definition) is 2. The highest BCUT2D eigenvalue weighted by atomic mass is 35.5. The van der Waals surface area contributed by atoms with Crippen LogP contribution in [-0.2, 0) is 6.42 Å². The number of nitrogens with zero attached hydrogens (tertiary/aromatic N) is 7. The molecule has 0 amide bonds. The van der Waals surface area contributed by atoms with Crippen molar-refractivity contribution in [3.63, 3.8) is 0 Å². The molecular weight excluding hydrogens is 516 g/mol. The number of tetrazole rings is 1. The molecule has 0 bridgehead atoms. The average Bonchev–Trinajstić information content (AvgIpc) is 3.59. The van der Waals surface area contributed by atoms with E-state index in [4.69, 9.17) is 17.3 Å². The number of fused-ring (bicyclic) bond motifs is 1. The van der Waals surface area contributed by atoms with E-state index in [9.17, 15) is 9.18 Å². The van der Waals surface area contributed by atoms with Gasteiger partial charge >= 0.3 is 0 Å². The van der Waals surface area contributed by atoms with E-state index < -0.39 is 11.8 Å². The maximum atomic E-state index is 15.3. The minimum absolute atomic E-state index is 0.0447. The van der Waals surface area contributed by atoms with Crippen LogP contribution in [0.3, 0.4) is 0 Å². The smallest absolute Gasteiger partial charge is 0.251 e. The summed E-state index contributed by atoms with van der Waals surface area (Å²) in [5.74, 6) is -1.21. The van der Waals surface area contributed by atoms with Crippen LogP contribution in [0, 0.1) is 17.7 Å². The van der Waals surface area contributed by atoms with Gasteiger partial charge in [-0.3, -0.25) is 4.79 Å². The fourth-order valence-corrected chi connectivity index (χ4v) is 5.57. The monoisotopic (exact) mass is 537 g/mol. The Bertz CT molecular complexity index is 1650. The summed E-state index contributed by atoms with van der Waals surface area (Å²) >= 11 is 6.11. The van der Waals surface area contributed by atoms with Crippen LogP contribution >= 0.6 is 11.6 Å². The number of nitrogen functional groups attached to an aromatic ring is 1. The molecule has 0 saturated carbocycles. The number of halogens is 3. The second kappa shape index (κ2) is 8.91. The van der Waals surface area contributed by atoms with Crippen LogP contribution in [0.4, 0.5) is 14.6 Å². The molecule has 4 aromatic rings. The molecule has 3 aromatic heterocycles. The fourth-order valence-electron chi connectivity index (χ4n) is 5.42. The summed E-state index contributed by atoms with van der Waals surface area (Å²) in [4.78, 5) is 19.2. The minimum atomic E-state index is -0.679. The van der Waals surface area contributed by atoms with Gasteiger partial charge < -0.3 is 20.5 Å². The molecule has 0 fully saturated rings. The summed E-state index contributed by atoms with van der Waals surface area (Å²) < 4.78 is 32.9. The van der Waals surface area contributed by atoms with Gasteiger partial charge in [0.25, 0.3) is 5.56 Å². The first-order chi connectivity index (χ1) is 18.2. The zero-order valence-corrected chi connectivity index (χ0v) is 21.1. The molecule has 194 valence electrons. The summed E-state index contributed by atoms with van der Waals surface area (Å²) in [6.07, 6.45) is 3.37. The number of pyridine rings is 2. The first kappa shape index (κ1) is 24.0. The van der Waals surface area contributed by atoms with Crippen molar-refractivity contribution in [1.82, 2.24) is 40.0 Å². The van der Waals surface area contributed by atoms with Crippen LogP contribution in [0.15, 0.2) is 53.7 Å². The SMILES string of the molecule is C[C@H]1Cc2cc(-c3c(-n4cnnn4)ccc(Cl)c3F)cc(=O)n2[C@@H]1C1NC(c2ccc(N)nc2F)=CN1C.